The standard InChI is InChI=1S/C10H18N2O4/c13-5-3-8(10(15)16)12-9(14)6-7-2-1-4-11-7/h7-8,11,13H,1-6H2,(H,12,14)(H,15,16). The van der Waals surface area contributed by atoms with Gasteiger partial charge in [0.1, 0.15) is 6.04 Å². The molecule has 6 heteroatoms. The molecule has 0 aromatic rings. The average molecular weight is 230 g/mol. The summed E-state index contributed by atoms with van der Waals surface area (Å²) >= 11 is 0. The lowest BCUT2D eigenvalue weighted by Crippen LogP contribution is -2.43. The van der Waals surface area contributed by atoms with Gasteiger partial charge < -0.3 is 20.8 Å². The third-order valence-electron chi connectivity index (χ3n) is 2.65. The largest absolute Gasteiger partial charge is 0.480 e. The molecule has 1 heterocycles. The van der Waals surface area contributed by atoms with Gasteiger partial charge in [0.25, 0.3) is 0 Å². The van der Waals surface area contributed by atoms with Crippen LogP contribution in [-0.4, -0.2) is 47.3 Å². The number of aliphatic carboxylic acids is 1. The van der Waals surface area contributed by atoms with Crippen molar-refractivity contribution < 1.29 is 19.8 Å². The summed E-state index contributed by atoms with van der Waals surface area (Å²) in [5.74, 6) is -1.39. The zero-order valence-electron chi connectivity index (χ0n) is 9.11. The summed E-state index contributed by atoms with van der Waals surface area (Å²) in [6.45, 7) is 0.663. The molecule has 1 fully saturated rings. The van der Waals surface area contributed by atoms with Crippen LogP contribution >= 0.6 is 0 Å². The highest BCUT2D eigenvalue weighted by atomic mass is 16.4. The first kappa shape index (κ1) is 12.9. The lowest BCUT2D eigenvalue weighted by atomic mass is 10.1. The third kappa shape index (κ3) is 4.16. The van der Waals surface area contributed by atoms with Crippen molar-refractivity contribution >= 4 is 11.9 Å². The number of carboxylic acids is 1. The molecule has 2 atom stereocenters. The number of nitrogens with one attached hydrogen (secondary N) is 2. The number of carboxylic acid groups (broad SMARTS) is 1. The number of hydrogen-bond donors (Lipinski definition) is 4. The molecular formula is C10H18N2O4. The topological polar surface area (TPSA) is 98.7 Å². The fourth-order valence-corrected chi connectivity index (χ4v) is 1.79. The fourth-order valence-electron chi connectivity index (χ4n) is 1.79. The molecule has 6 nitrogen and oxygen atoms in total. The molecule has 1 aliphatic heterocycles. The van der Waals surface area contributed by atoms with E-state index >= 15 is 0 Å². The number of amides is 1. The van der Waals surface area contributed by atoms with Crippen LogP contribution in [0, 0.1) is 0 Å². The minimum Gasteiger partial charge on any atom is -0.480 e. The summed E-state index contributed by atoms with van der Waals surface area (Å²) < 4.78 is 0. The SMILES string of the molecule is O=C(CC1CCCN1)NC(CCO)C(=O)O. The summed E-state index contributed by atoms with van der Waals surface area (Å²) in [5.41, 5.74) is 0. The van der Waals surface area contributed by atoms with Gasteiger partial charge in [-0.2, -0.15) is 0 Å². The Morgan fingerprint density at radius 1 is 1.50 bits per heavy atom. The molecule has 1 rings (SSSR count). The smallest absolute Gasteiger partial charge is 0.326 e. The maximum Gasteiger partial charge on any atom is 0.326 e. The van der Waals surface area contributed by atoms with E-state index in [1.54, 1.807) is 0 Å². The summed E-state index contributed by atoms with van der Waals surface area (Å²) in [7, 11) is 0. The molecular weight excluding hydrogens is 212 g/mol. The van der Waals surface area contributed by atoms with Crippen molar-refractivity contribution in [1.29, 1.82) is 0 Å². The Morgan fingerprint density at radius 2 is 2.25 bits per heavy atom. The van der Waals surface area contributed by atoms with Crippen molar-refractivity contribution in [1.82, 2.24) is 10.6 Å². The third-order valence-corrected chi connectivity index (χ3v) is 2.65. The van der Waals surface area contributed by atoms with Gasteiger partial charge in [0.2, 0.25) is 5.91 Å². The molecule has 1 amide bonds. The zero-order chi connectivity index (χ0) is 12.0. The van der Waals surface area contributed by atoms with Gasteiger partial charge in [-0.1, -0.05) is 0 Å². The van der Waals surface area contributed by atoms with Crippen molar-refractivity contribution in [3.05, 3.63) is 0 Å². The number of aliphatic hydroxyl groups excluding tert-OH is 1. The van der Waals surface area contributed by atoms with Gasteiger partial charge in [-0.05, 0) is 19.4 Å². The van der Waals surface area contributed by atoms with Gasteiger partial charge in [-0.3, -0.25) is 4.79 Å². The minimum absolute atomic E-state index is 0.0408. The Morgan fingerprint density at radius 3 is 2.75 bits per heavy atom. The summed E-state index contributed by atoms with van der Waals surface area (Å²) in [5, 5.41) is 23.0. The molecule has 2 unspecified atom stereocenters. The molecule has 4 N–H and O–H groups in total. The van der Waals surface area contributed by atoms with Crippen LogP contribution in [0.15, 0.2) is 0 Å². The van der Waals surface area contributed by atoms with Gasteiger partial charge in [0.05, 0.1) is 0 Å². The molecule has 1 aliphatic rings. The number of aliphatic hydroxyl groups is 1. The van der Waals surface area contributed by atoms with E-state index in [2.05, 4.69) is 10.6 Å². The Labute approximate surface area is 94.0 Å². The van der Waals surface area contributed by atoms with Crippen molar-refractivity contribution in [2.45, 2.75) is 37.8 Å². The zero-order valence-corrected chi connectivity index (χ0v) is 9.11. The molecule has 1 saturated heterocycles. The van der Waals surface area contributed by atoms with E-state index in [-0.39, 0.29) is 25.0 Å². The molecule has 0 aliphatic carbocycles. The quantitative estimate of drug-likeness (QED) is 0.473. The first-order valence-corrected chi connectivity index (χ1v) is 5.50. The molecule has 16 heavy (non-hydrogen) atoms. The van der Waals surface area contributed by atoms with Crippen LogP contribution in [0.2, 0.25) is 0 Å². The van der Waals surface area contributed by atoms with Gasteiger partial charge >= 0.3 is 5.97 Å². The Hall–Kier alpha value is -1.14. The molecule has 0 aromatic heterocycles. The van der Waals surface area contributed by atoms with E-state index in [9.17, 15) is 9.59 Å². The first-order valence-electron chi connectivity index (χ1n) is 5.50. The van der Waals surface area contributed by atoms with Gasteiger partial charge in [0, 0.05) is 25.5 Å². The van der Waals surface area contributed by atoms with Gasteiger partial charge in [0.15, 0.2) is 0 Å². The lowest BCUT2D eigenvalue weighted by Gasteiger charge is -2.15. The van der Waals surface area contributed by atoms with E-state index in [1.807, 2.05) is 0 Å². The maximum absolute atomic E-state index is 11.5. The monoisotopic (exact) mass is 230 g/mol. The predicted molar refractivity (Wildman–Crippen MR) is 56.9 cm³/mol. The Bertz CT molecular complexity index is 251. The van der Waals surface area contributed by atoms with Crippen LogP contribution in [0.1, 0.15) is 25.7 Å². The van der Waals surface area contributed by atoms with E-state index < -0.39 is 12.0 Å². The van der Waals surface area contributed by atoms with Crippen LogP contribution in [0.4, 0.5) is 0 Å². The molecule has 0 saturated carbocycles. The van der Waals surface area contributed by atoms with Crippen LogP contribution in [0.5, 0.6) is 0 Å². The van der Waals surface area contributed by atoms with Crippen molar-refractivity contribution in [3.63, 3.8) is 0 Å². The Kier molecular flexibility index (Phi) is 5.21. The van der Waals surface area contributed by atoms with Crippen molar-refractivity contribution in [2.24, 2.45) is 0 Å². The van der Waals surface area contributed by atoms with Gasteiger partial charge in [-0.25, -0.2) is 4.79 Å². The first-order chi connectivity index (χ1) is 7.63. The molecule has 0 aromatic carbocycles. The van der Waals surface area contributed by atoms with Crippen LogP contribution < -0.4 is 10.6 Å². The average Bonchev–Trinajstić information content (AvgIpc) is 2.69. The number of hydrogen-bond acceptors (Lipinski definition) is 4. The number of carbonyl (C=O) groups is 2. The van der Waals surface area contributed by atoms with Crippen LogP contribution in [0.3, 0.4) is 0 Å². The van der Waals surface area contributed by atoms with E-state index in [0.717, 1.165) is 19.4 Å². The van der Waals surface area contributed by atoms with E-state index in [0.29, 0.717) is 6.42 Å². The normalized spacial score (nSPS) is 21.7. The highest BCUT2D eigenvalue weighted by Gasteiger charge is 2.22. The summed E-state index contributed by atoms with van der Waals surface area (Å²) in [6, 6.07) is -0.831. The van der Waals surface area contributed by atoms with Gasteiger partial charge in [-0.15, -0.1) is 0 Å². The molecule has 0 spiro atoms. The van der Waals surface area contributed by atoms with E-state index in [4.69, 9.17) is 10.2 Å². The predicted octanol–water partition coefficient (Wildman–Crippen LogP) is -0.920. The molecule has 0 radical (unpaired) electrons. The minimum atomic E-state index is -1.11. The second-order valence-corrected chi connectivity index (χ2v) is 3.97. The van der Waals surface area contributed by atoms with E-state index in [1.165, 1.54) is 0 Å². The van der Waals surface area contributed by atoms with Crippen LogP contribution in [0.25, 0.3) is 0 Å². The summed E-state index contributed by atoms with van der Waals surface area (Å²) in [4.78, 5) is 22.2. The molecule has 0 bridgehead atoms. The summed E-state index contributed by atoms with van der Waals surface area (Å²) in [6.07, 6.45) is 2.34. The second kappa shape index (κ2) is 6.44. The highest BCUT2D eigenvalue weighted by Crippen LogP contribution is 2.08. The highest BCUT2D eigenvalue weighted by molar-refractivity contribution is 5.83. The fraction of sp³-hybridized carbons (Fsp3) is 0.800. The number of carbonyl (C=O) groups excluding carboxylic acids is 1. The second-order valence-electron chi connectivity index (χ2n) is 3.97. The molecule has 92 valence electrons. The van der Waals surface area contributed by atoms with Crippen LogP contribution in [-0.2, 0) is 9.59 Å². The number of rotatable bonds is 6. The maximum atomic E-state index is 11.5. The van der Waals surface area contributed by atoms with Crippen molar-refractivity contribution in [2.75, 3.05) is 13.2 Å². The Balaban J connectivity index is 2.32. The van der Waals surface area contributed by atoms with Crippen molar-refractivity contribution in [3.8, 4) is 0 Å². The lowest BCUT2D eigenvalue weighted by molar-refractivity contribution is -0.142.